The number of carbonyl (C=O) groups is 1. The number of imidazole rings is 1. The summed E-state index contributed by atoms with van der Waals surface area (Å²) in [5.41, 5.74) is 2.18. The van der Waals surface area contributed by atoms with Gasteiger partial charge >= 0.3 is 0 Å². The first-order chi connectivity index (χ1) is 12.6. The molecule has 4 rings (SSSR count). The van der Waals surface area contributed by atoms with Crippen LogP contribution in [-0.2, 0) is 13.6 Å². The van der Waals surface area contributed by atoms with Gasteiger partial charge in [0.15, 0.2) is 11.5 Å². The summed E-state index contributed by atoms with van der Waals surface area (Å²) in [6, 6.07) is 1.71. The van der Waals surface area contributed by atoms with Crippen molar-refractivity contribution in [2.24, 2.45) is 13.0 Å². The summed E-state index contributed by atoms with van der Waals surface area (Å²) < 4.78 is 9.24. The number of likely N-dealkylation sites (tertiary alicyclic amines) is 1. The Morgan fingerprint density at radius 2 is 2.31 bits per heavy atom. The number of carbonyl (C=O) groups excluding carboxylic acids is 1. The quantitative estimate of drug-likeness (QED) is 0.717. The van der Waals surface area contributed by atoms with Crippen molar-refractivity contribution >= 4 is 5.91 Å². The average Bonchev–Trinajstić information content (AvgIpc) is 3.38. The summed E-state index contributed by atoms with van der Waals surface area (Å²) in [7, 11) is 1.87. The minimum atomic E-state index is -0.0723. The number of hydrogen-bond acceptors (Lipinski definition) is 5. The molecule has 0 radical (unpaired) electrons. The lowest BCUT2D eigenvalue weighted by molar-refractivity contribution is 0.0652. The third kappa shape index (κ3) is 3.14. The van der Waals surface area contributed by atoms with E-state index in [4.69, 9.17) is 4.52 Å². The number of rotatable bonds is 4. The van der Waals surface area contributed by atoms with Gasteiger partial charge in [0.25, 0.3) is 5.91 Å². The molecular weight excluding hydrogens is 332 g/mol. The number of aromatic nitrogens is 5. The van der Waals surface area contributed by atoms with E-state index in [0.29, 0.717) is 17.4 Å². The van der Waals surface area contributed by atoms with Crippen LogP contribution in [0.25, 0.3) is 11.3 Å². The van der Waals surface area contributed by atoms with Gasteiger partial charge in [-0.25, -0.2) is 4.98 Å². The fourth-order valence-corrected chi connectivity index (χ4v) is 3.50. The van der Waals surface area contributed by atoms with E-state index >= 15 is 0 Å². The molecule has 1 saturated heterocycles. The van der Waals surface area contributed by atoms with Crippen molar-refractivity contribution < 1.29 is 9.32 Å². The van der Waals surface area contributed by atoms with Gasteiger partial charge in [0.2, 0.25) is 0 Å². The summed E-state index contributed by atoms with van der Waals surface area (Å²) in [6.07, 6.45) is 9.40. The molecule has 3 aromatic rings. The molecule has 1 amide bonds. The van der Waals surface area contributed by atoms with E-state index in [1.807, 2.05) is 31.4 Å². The number of piperidine rings is 1. The largest absolute Gasteiger partial charge is 0.355 e. The van der Waals surface area contributed by atoms with Gasteiger partial charge in [0, 0.05) is 50.8 Å². The normalized spacial score (nSPS) is 17.6. The van der Waals surface area contributed by atoms with Crippen LogP contribution in [0.4, 0.5) is 0 Å². The monoisotopic (exact) mass is 354 g/mol. The van der Waals surface area contributed by atoms with E-state index in [0.717, 1.165) is 43.7 Å². The summed E-state index contributed by atoms with van der Waals surface area (Å²) in [5.74, 6) is 0.927. The van der Waals surface area contributed by atoms with E-state index in [9.17, 15) is 4.79 Å². The maximum atomic E-state index is 12.8. The van der Waals surface area contributed by atoms with Crippen LogP contribution < -0.4 is 0 Å². The Morgan fingerprint density at radius 1 is 1.42 bits per heavy atom. The zero-order valence-corrected chi connectivity index (χ0v) is 15.0. The van der Waals surface area contributed by atoms with Crippen LogP contribution in [0.2, 0.25) is 0 Å². The van der Waals surface area contributed by atoms with Crippen molar-refractivity contribution in [3.05, 3.63) is 42.4 Å². The molecule has 0 saturated carbocycles. The Kier molecular flexibility index (Phi) is 4.32. The van der Waals surface area contributed by atoms with E-state index in [2.05, 4.69) is 19.8 Å². The first-order valence-corrected chi connectivity index (χ1v) is 8.82. The fourth-order valence-electron chi connectivity index (χ4n) is 3.50. The van der Waals surface area contributed by atoms with Crippen LogP contribution in [0.15, 0.2) is 35.5 Å². The molecule has 1 aliphatic rings. The standard InChI is InChI=1S/C18H22N6O2/c1-13-15(9-20-22(13)2)17-8-16(21-26-17)18(25)24-6-3-4-14(11-24)10-23-7-5-19-12-23/h5,7-9,12,14H,3-4,6,10-11H2,1-2H3/t14-/m0/s1. The first-order valence-electron chi connectivity index (χ1n) is 8.82. The lowest BCUT2D eigenvalue weighted by Crippen LogP contribution is -2.41. The van der Waals surface area contributed by atoms with Crippen molar-refractivity contribution in [1.82, 2.24) is 29.4 Å². The van der Waals surface area contributed by atoms with E-state index in [1.54, 1.807) is 23.1 Å². The van der Waals surface area contributed by atoms with Crippen LogP contribution >= 0.6 is 0 Å². The molecule has 4 heterocycles. The lowest BCUT2D eigenvalue weighted by Gasteiger charge is -2.32. The Hall–Kier alpha value is -2.90. The minimum absolute atomic E-state index is 0.0723. The highest BCUT2D eigenvalue weighted by Gasteiger charge is 2.27. The molecule has 1 aliphatic heterocycles. The smallest absolute Gasteiger partial charge is 0.276 e. The minimum Gasteiger partial charge on any atom is -0.355 e. The van der Waals surface area contributed by atoms with Crippen molar-refractivity contribution in [1.29, 1.82) is 0 Å². The van der Waals surface area contributed by atoms with Gasteiger partial charge in [-0.2, -0.15) is 5.10 Å². The average molecular weight is 354 g/mol. The predicted molar refractivity (Wildman–Crippen MR) is 94.3 cm³/mol. The second kappa shape index (κ2) is 6.78. The van der Waals surface area contributed by atoms with E-state index in [1.165, 1.54) is 0 Å². The number of nitrogens with zero attached hydrogens (tertiary/aromatic N) is 6. The Morgan fingerprint density at radius 3 is 3.04 bits per heavy atom. The summed E-state index contributed by atoms with van der Waals surface area (Å²) in [4.78, 5) is 18.8. The molecular formula is C18H22N6O2. The lowest BCUT2D eigenvalue weighted by atomic mass is 9.97. The van der Waals surface area contributed by atoms with Gasteiger partial charge in [-0.05, 0) is 25.7 Å². The number of hydrogen-bond donors (Lipinski definition) is 0. The zero-order chi connectivity index (χ0) is 18.1. The topological polar surface area (TPSA) is 82.0 Å². The second-order valence-electron chi connectivity index (χ2n) is 6.86. The van der Waals surface area contributed by atoms with Gasteiger partial charge in [0.1, 0.15) is 0 Å². The summed E-state index contributed by atoms with van der Waals surface area (Å²) in [6.45, 7) is 4.32. The van der Waals surface area contributed by atoms with Gasteiger partial charge in [-0.3, -0.25) is 9.48 Å². The van der Waals surface area contributed by atoms with Crippen LogP contribution in [0, 0.1) is 12.8 Å². The molecule has 0 N–H and O–H groups in total. The van der Waals surface area contributed by atoms with Gasteiger partial charge in [-0.1, -0.05) is 5.16 Å². The second-order valence-corrected chi connectivity index (χ2v) is 6.86. The molecule has 0 spiro atoms. The number of amides is 1. The molecule has 8 heteroatoms. The van der Waals surface area contributed by atoms with Gasteiger partial charge in [-0.15, -0.1) is 0 Å². The highest BCUT2D eigenvalue weighted by atomic mass is 16.5. The molecule has 0 bridgehead atoms. The van der Waals surface area contributed by atoms with Crippen LogP contribution in [0.1, 0.15) is 29.0 Å². The Bertz CT molecular complexity index is 895. The molecule has 26 heavy (non-hydrogen) atoms. The Balaban J connectivity index is 1.46. The first kappa shape index (κ1) is 16.6. The van der Waals surface area contributed by atoms with Crippen molar-refractivity contribution in [2.45, 2.75) is 26.3 Å². The van der Waals surface area contributed by atoms with Gasteiger partial charge in [0.05, 0.1) is 18.1 Å². The van der Waals surface area contributed by atoms with Crippen molar-refractivity contribution in [3.8, 4) is 11.3 Å². The third-order valence-electron chi connectivity index (χ3n) is 5.06. The molecule has 1 atom stereocenters. The SMILES string of the molecule is Cc1c(-c2cc(C(=O)N3CCC[C@@H](Cn4ccnc4)C3)no2)cnn1C. The number of aryl methyl sites for hydroxylation is 1. The van der Waals surface area contributed by atoms with E-state index in [-0.39, 0.29) is 5.91 Å². The molecule has 3 aromatic heterocycles. The Labute approximate surface area is 151 Å². The van der Waals surface area contributed by atoms with Crippen LogP contribution in [0.5, 0.6) is 0 Å². The molecule has 8 nitrogen and oxygen atoms in total. The molecule has 1 fully saturated rings. The van der Waals surface area contributed by atoms with Crippen molar-refractivity contribution in [2.75, 3.05) is 13.1 Å². The van der Waals surface area contributed by atoms with Crippen LogP contribution in [-0.4, -0.2) is 48.4 Å². The van der Waals surface area contributed by atoms with Crippen molar-refractivity contribution in [3.63, 3.8) is 0 Å². The molecule has 0 aromatic carbocycles. The highest BCUT2D eigenvalue weighted by molar-refractivity contribution is 5.93. The highest BCUT2D eigenvalue weighted by Crippen LogP contribution is 2.25. The molecule has 0 aliphatic carbocycles. The molecule has 0 unspecified atom stereocenters. The van der Waals surface area contributed by atoms with E-state index < -0.39 is 0 Å². The fraction of sp³-hybridized carbons (Fsp3) is 0.444. The third-order valence-corrected chi connectivity index (χ3v) is 5.06. The zero-order valence-electron chi connectivity index (χ0n) is 15.0. The predicted octanol–water partition coefficient (Wildman–Crippen LogP) is 2.13. The van der Waals surface area contributed by atoms with Crippen LogP contribution in [0.3, 0.4) is 0 Å². The maximum absolute atomic E-state index is 12.8. The maximum Gasteiger partial charge on any atom is 0.276 e. The summed E-state index contributed by atoms with van der Waals surface area (Å²) in [5, 5.41) is 8.21. The van der Waals surface area contributed by atoms with Gasteiger partial charge < -0.3 is 14.0 Å². The summed E-state index contributed by atoms with van der Waals surface area (Å²) >= 11 is 0. The molecule has 136 valence electrons.